The zero-order chi connectivity index (χ0) is 23.1. The number of anilines is 1. The number of carbonyl (C=O) groups excluding carboxylic acids is 1. The van der Waals surface area contributed by atoms with Gasteiger partial charge in [-0.05, 0) is 48.4 Å². The minimum atomic E-state index is -4.07. The van der Waals surface area contributed by atoms with Crippen molar-refractivity contribution in [3.63, 3.8) is 0 Å². The number of amides is 1. The van der Waals surface area contributed by atoms with Gasteiger partial charge in [-0.3, -0.25) is 9.52 Å². The van der Waals surface area contributed by atoms with E-state index in [4.69, 9.17) is 27.9 Å². The van der Waals surface area contributed by atoms with Crippen LogP contribution in [0.1, 0.15) is 28.4 Å². The van der Waals surface area contributed by atoms with Crippen molar-refractivity contribution in [2.45, 2.75) is 25.0 Å². The highest BCUT2D eigenvalue weighted by molar-refractivity contribution is 7.92. The summed E-state index contributed by atoms with van der Waals surface area (Å²) in [5.74, 6) is -0.429. The fourth-order valence-electron chi connectivity index (χ4n) is 2.95. The van der Waals surface area contributed by atoms with Crippen LogP contribution in [0.3, 0.4) is 0 Å². The fraction of sp³-hybridized carbons (Fsp3) is 0.174. The standard InChI is InChI=1S/C23H22Cl2N2O4S/c1-2-31-15-18-8-4-3-7-17(18)14-26-23(28)16-11-12-20(25)22(13-16)32(29,30)27-21-10-6-5-9-19(21)24/h3-13,27H,2,14-15H2,1H3,(H,26,28). The van der Waals surface area contributed by atoms with Gasteiger partial charge in [-0.15, -0.1) is 0 Å². The van der Waals surface area contributed by atoms with Crippen molar-refractivity contribution in [2.24, 2.45) is 0 Å². The molecule has 0 spiro atoms. The number of benzene rings is 3. The lowest BCUT2D eigenvalue weighted by atomic mass is 10.1. The third kappa shape index (κ3) is 6.01. The summed E-state index contributed by atoms with van der Waals surface area (Å²) in [6, 6.07) is 18.1. The molecule has 168 valence electrons. The Morgan fingerprint density at radius 2 is 1.62 bits per heavy atom. The Morgan fingerprint density at radius 3 is 2.34 bits per heavy atom. The Hall–Kier alpha value is -2.58. The first-order valence-corrected chi connectivity index (χ1v) is 12.1. The Kier molecular flexibility index (Phi) is 8.15. The van der Waals surface area contributed by atoms with Gasteiger partial charge >= 0.3 is 0 Å². The molecule has 0 aliphatic rings. The van der Waals surface area contributed by atoms with Crippen LogP contribution in [0.2, 0.25) is 10.0 Å². The number of ether oxygens (including phenoxy) is 1. The van der Waals surface area contributed by atoms with Gasteiger partial charge in [0.15, 0.2) is 0 Å². The molecule has 3 aromatic carbocycles. The third-order valence-electron chi connectivity index (χ3n) is 4.62. The second-order valence-corrected chi connectivity index (χ2v) is 9.28. The SMILES string of the molecule is CCOCc1ccccc1CNC(=O)c1ccc(Cl)c(S(=O)(=O)Nc2ccccc2Cl)c1. The molecule has 32 heavy (non-hydrogen) atoms. The molecule has 3 rings (SSSR count). The summed E-state index contributed by atoms with van der Waals surface area (Å²) in [6.07, 6.45) is 0. The molecule has 0 radical (unpaired) electrons. The number of hydrogen-bond acceptors (Lipinski definition) is 4. The van der Waals surface area contributed by atoms with Gasteiger partial charge in [0.05, 0.1) is 22.3 Å². The minimum Gasteiger partial charge on any atom is -0.377 e. The predicted molar refractivity (Wildman–Crippen MR) is 127 cm³/mol. The third-order valence-corrected chi connectivity index (χ3v) is 6.80. The number of para-hydroxylation sites is 1. The van der Waals surface area contributed by atoms with Crippen LogP contribution in [-0.4, -0.2) is 20.9 Å². The smallest absolute Gasteiger partial charge is 0.263 e. The molecule has 0 heterocycles. The Bertz CT molecular complexity index is 1220. The normalized spacial score (nSPS) is 11.2. The monoisotopic (exact) mass is 492 g/mol. The van der Waals surface area contributed by atoms with Crippen LogP contribution in [0.4, 0.5) is 5.69 Å². The molecule has 0 bridgehead atoms. The first kappa shape index (κ1) is 24.1. The van der Waals surface area contributed by atoms with E-state index in [1.54, 1.807) is 18.2 Å². The number of rotatable bonds is 9. The maximum atomic E-state index is 12.9. The van der Waals surface area contributed by atoms with Crippen molar-refractivity contribution >= 4 is 44.8 Å². The number of sulfonamides is 1. The first-order valence-electron chi connectivity index (χ1n) is 9.81. The molecule has 9 heteroatoms. The number of nitrogens with one attached hydrogen (secondary N) is 2. The topological polar surface area (TPSA) is 84.5 Å². The maximum absolute atomic E-state index is 12.9. The van der Waals surface area contributed by atoms with Gasteiger partial charge in [0.2, 0.25) is 0 Å². The maximum Gasteiger partial charge on any atom is 0.263 e. The lowest BCUT2D eigenvalue weighted by Crippen LogP contribution is -2.24. The Balaban J connectivity index is 1.78. The molecule has 6 nitrogen and oxygen atoms in total. The molecule has 0 saturated heterocycles. The summed E-state index contributed by atoms with van der Waals surface area (Å²) in [5, 5.41) is 3.05. The summed E-state index contributed by atoms with van der Waals surface area (Å²) < 4.78 is 33.6. The van der Waals surface area contributed by atoms with Crippen LogP contribution < -0.4 is 10.0 Å². The van der Waals surface area contributed by atoms with E-state index in [0.717, 1.165) is 11.1 Å². The van der Waals surface area contributed by atoms with Gasteiger partial charge < -0.3 is 10.1 Å². The van der Waals surface area contributed by atoms with Crippen LogP contribution in [0, 0.1) is 0 Å². The van der Waals surface area contributed by atoms with Crippen molar-refractivity contribution in [2.75, 3.05) is 11.3 Å². The molecule has 0 fully saturated rings. The van der Waals surface area contributed by atoms with E-state index < -0.39 is 15.9 Å². The zero-order valence-corrected chi connectivity index (χ0v) is 19.6. The quantitative estimate of drug-likeness (QED) is 0.426. The summed E-state index contributed by atoms with van der Waals surface area (Å²) in [4.78, 5) is 12.5. The molecule has 2 N–H and O–H groups in total. The van der Waals surface area contributed by atoms with Gasteiger partial charge in [-0.1, -0.05) is 59.6 Å². The van der Waals surface area contributed by atoms with E-state index in [0.29, 0.717) is 13.2 Å². The van der Waals surface area contributed by atoms with Crippen molar-refractivity contribution in [1.82, 2.24) is 5.32 Å². The first-order chi connectivity index (χ1) is 15.3. The number of halogens is 2. The van der Waals surface area contributed by atoms with Gasteiger partial charge in [0, 0.05) is 18.7 Å². The van der Waals surface area contributed by atoms with E-state index in [1.807, 2.05) is 31.2 Å². The molecular weight excluding hydrogens is 471 g/mol. The minimum absolute atomic E-state index is 0.0110. The summed E-state index contributed by atoms with van der Waals surface area (Å²) in [6.45, 7) is 3.21. The van der Waals surface area contributed by atoms with Crippen molar-refractivity contribution in [3.05, 3.63) is 93.5 Å². The average molecular weight is 493 g/mol. The predicted octanol–water partition coefficient (Wildman–Crippen LogP) is 5.26. The Labute approximate surface area is 197 Å². The molecule has 0 atom stereocenters. The van der Waals surface area contributed by atoms with Crippen molar-refractivity contribution in [1.29, 1.82) is 0 Å². The summed E-state index contributed by atoms with van der Waals surface area (Å²) in [7, 11) is -4.07. The van der Waals surface area contributed by atoms with Crippen LogP contribution >= 0.6 is 23.2 Å². The van der Waals surface area contributed by atoms with E-state index in [2.05, 4.69) is 10.0 Å². The number of hydrogen-bond donors (Lipinski definition) is 2. The second-order valence-electron chi connectivity index (χ2n) is 6.82. The molecule has 0 aliphatic heterocycles. The highest BCUT2D eigenvalue weighted by Gasteiger charge is 2.21. The van der Waals surface area contributed by atoms with E-state index >= 15 is 0 Å². The highest BCUT2D eigenvalue weighted by Crippen LogP contribution is 2.28. The van der Waals surface area contributed by atoms with E-state index in [-0.39, 0.29) is 32.7 Å². The van der Waals surface area contributed by atoms with Crippen LogP contribution in [0.15, 0.2) is 71.6 Å². The molecule has 0 aliphatic carbocycles. The van der Waals surface area contributed by atoms with E-state index in [1.165, 1.54) is 24.3 Å². The lowest BCUT2D eigenvalue weighted by Gasteiger charge is -2.13. The molecule has 0 aromatic heterocycles. The molecule has 0 unspecified atom stereocenters. The Morgan fingerprint density at radius 1 is 0.938 bits per heavy atom. The molecule has 1 amide bonds. The fourth-order valence-corrected chi connectivity index (χ4v) is 4.80. The largest absolute Gasteiger partial charge is 0.377 e. The van der Waals surface area contributed by atoms with Crippen molar-refractivity contribution in [3.8, 4) is 0 Å². The molecule has 3 aromatic rings. The second kappa shape index (κ2) is 10.8. The molecule has 0 saturated carbocycles. The van der Waals surface area contributed by atoms with Crippen LogP contribution in [0.25, 0.3) is 0 Å². The summed E-state index contributed by atoms with van der Waals surface area (Å²) in [5.41, 5.74) is 2.26. The van der Waals surface area contributed by atoms with Crippen molar-refractivity contribution < 1.29 is 17.9 Å². The highest BCUT2D eigenvalue weighted by atomic mass is 35.5. The van der Waals surface area contributed by atoms with Crippen LogP contribution in [0.5, 0.6) is 0 Å². The van der Waals surface area contributed by atoms with Gasteiger partial charge in [0.25, 0.3) is 15.9 Å². The molecular formula is C23H22Cl2N2O4S. The summed E-state index contributed by atoms with van der Waals surface area (Å²) >= 11 is 12.2. The number of carbonyl (C=O) groups is 1. The van der Waals surface area contributed by atoms with Gasteiger partial charge in [-0.2, -0.15) is 0 Å². The van der Waals surface area contributed by atoms with Gasteiger partial charge in [-0.25, -0.2) is 8.42 Å². The van der Waals surface area contributed by atoms with Gasteiger partial charge in [0.1, 0.15) is 4.90 Å². The average Bonchev–Trinajstić information content (AvgIpc) is 2.78. The zero-order valence-electron chi connectivity index (χ0n) is 17.3. The lowest BCUT2D eigenvalue weighted by molar-refractivity contribution is 0.0949. The van der Waals surface area contributed by atoms with Crippen LogP contribution in [-0.2, 0) is 27.9 Å². The van der Waals surface area contributed by atoms with E-state index in [9.17, 15) is 13.2 Å².